The van der Waals surface area contributed by atoms with Crippen LogP contribution >= 0.6 is 35.3 Å². The summed E-state index contributed by atoms with van der Waals surface area (Å²) < 4.78 is 10.3. The average molecular weight is 357 g/mol. The molecule has 0 amide bonds. The maximum atomic E-state index is 11.8. The van der Waals surface area contributed by atoms with Gasteiger partial charge in [0.15, 0.2) is 0 Å². The van der Waals surface area contributed by atoms with Gasteiger partial charge in [-0.25, -0.2) is 9.59 Å². The van der Waals surface area contributed by atoms with Crippen molar-refractivity contribution in [2.24, 2.45) is 0 Å². The highest BCUT2D eigenvalue weighted by atomic mass is 32.2. The molecule has 0 atom stereocenters. The molecular formula is C14H15NO4S3. The Balaban J connectivity index is 2.17. The molecule has 8 heteroatoms. The molecule has 0 saturated heterocycles. The third kappa shape index (κ3) is 3.74. The topological polar surface area (TPSA) is 55.8 Å². The molecule has 0 aromatic rings. The van der Waals surface area contributed by atoms with E-state index in [2.05, 4.69) is 11.8 Å². The van der Waals surface area contributed by atoms with Gasteiger partial charge in [-0.15, -0.1) is 0 Å². The Hall–Kier alpha value is -1.25. The number of carbonyl (C=O) groups is 2. The predicted octanol–water partition coefficient (Wildman–Crippen LogP) is 3.25. The van der Waals surface area contributed by atoms with Crippen molar-refractivity contribution in [3.63, 3.8) is 0 Å². The van der Waals surface area contributed by atoms with Gasteiger partial charge in [-0.05, 0) is 24.5 Å². The molecule has 2 aliphatic heterocycles. The molecule has 0 spiro atoms. The molecule has 0 aromatic heterocycles. The molecule has 0 aromatic carbocycles. The highest BCUT2D eigenvalue weighted by Crippen LogP contribution is 2.50. The lowest BCUT2D eigenvalue weighted by atomic mass is 10.5. The molecule has 2 heterocycles. The molecule has 0 N–H and O–H groups in total. The van der Waals surface area contributed by atoms with E-state index in [0.717, 1.165) is 15.8 Å². The zero-order chi connectivity index (χ0) is 16.1. The van der Waals surface area contributed by atoms with Crippen molar-refractivity contribution in [2.75, 3.05) is 20.8 Å². The monoisotopic (exact) mass is 357 g/mol. The quantitative estimate of drug-likeness (QED) is 0.711. The summed E-state index contributed by atoms with van der Waals surface area (Å²) in [7, 11) is 2.58. The number of allylic oxidation sites excluding steroid dienone is 2. The zero-order valence-corrected chi connectivity index (χ0v) is 14.8. The number of nitrogens with zero attached hydrogens (tertiary/aromatic N) is 1. The van der Waals surface area contributed by atoms with Gasteiger partial charge in [0.25, 0.3) is 0 Å². The number of carbonyl (C=O) groups excluding carboxylic acids is 2. The summed E-state index contributed by atoms with van der Waals surface area (Å²) in [5.74, 6) is -1.05. The molecule has 0 radical (unpaired) electrons. The van der Waals surface area contributed by atoms with Gasteiger partial charge >= 0.3 is 11.9 Å². The molecular weight excluding hydrogens is 342 g/mol. The van der Waals surface area contributed by atoms with E-state index in [1.165, 1.54) is 37.7 Å². The smallest absolute Gasteiger partial charge is 0.346 e. The van der Waals surface area contributed by atoms with Crippen molar-refractivity contribution >= 4 is 47.2 Å². The lowest BCUT2D eigenvalue weighted by molar-refractivity contribution is -0.138. The number of thioether (sulfide) groups is 3. The molecule has 0 fully saturated rings. The zero-order valence-electron chi connectivity index (χ0n) is 12.3. The molecule has 2 rings (SSSR count). The van der Waals surface area contributed by atoms with Crippen LogP contribution in [-0.4, -0.2) is 37.6 Å². The largest absolute Gasteiger partial charge is 0.465 e. The Labute approximate surface area is 141 Å². The van der Waals surface area contributed by atoms with Crippen LogP contribution in [-0.2, 0) is 19.1 Å². The van der Waals surface area contributed by atoms with E-state index in [0.29, 0.717) is 0 Å². The Morgan fingerprint density at radius 2 is 1.73 bits per heavy atom. The number of esters is 2. The highest BCUT2D eigenvalue weighted by Gasteiger charge is 2.32. The summed E-state index contributed by atoms with van der Waals surface area (Å²) in [6.07, 6.45) is 5.88. The van der Waals surface area contributed by atoms with Crippen molar-refractivity contribution < 1.29 is 19.1 Å². The minimum atomic E-state index is -0.527. The normalized spacial score (nSPS) is 19.1. The molecule has 0 aliphatic carbocycles. The summed E-state index contributed by atoms with van der Waals surface area (Å²) in [5.41, 5.74) is 0. The second-order valence-electron chi connectivity index (χ2n) is 4.03. The van der Waals surface area contributed by atoms with Gasteiger partial charge in [0.05, 0.1) is 23.5 Å². The van der Waals surface area contributed by atoms with Crippen LogP contribution in [0, 0.1) is 0 Å². The van der Waals surface area contributed by atoms with Gasteiger partial charge < -0.3 is 14.4 Å². The van der Waals surface area contributed by atoms with Gasteiger partial charge in [0.2, 0.25) is 0 Å². The van der Waals surface area contributed by atoms with Crippen molar-refractivity contribution in [3.8, 4) is 0 Å². The second kappa shape index (κ2) is 7.85. The lowest BCUT2D eigenvalue weighted by Crippen LogP contribution is -2.09. The van der Waals surface area contributed by atoms with Crippen molar-refractivity contribution in [1.82, 2.24) is 4.90 Å². The summed E-state index contributed by atoms with van der Waals surface area (Å²) in [6.45, 7) is 2.96. The first-order chi connectivity index (χ1) is 10.6. The van der Waals surface area contributed by atoms with Crippen LogP contribution in [0.1, 0.15) is 6.92 Å². The number of methoxy groups -OCH3 is 2. The van der Waals surface area contributed by atoms with Crippen molar-refractivity contribution in [3.05, 3.63) is 42.8 Å². The van der Waals surface area contributed by atoms with E-state index >= 15 is 0 Å². The van der Waals surface area contributed by atoms with E-state index < -0.39 is 11.9 Å². The van der Waals surface area contributed by atoms with Gasteiger partial charge in [-0.2, -0.15) is 0 Å². The predicted molar refractivity (Wildman–Crippen MR) is 91.5 cm³/mol. The van der Waals surface area contributed by atoms with Crippen LogP contribution in [0.5, 0.6) is 0 Å². The van der Waals surface area contributed by atoms with Crippen molar-refractivity contribution in [1.29, 1.82) is 0 Å². The molecule has 118 valence electrons. The van der Waals surface area contributed by atoms with Crippen molar-refractivity contribution in [2.45, 2.75) is 6.92 Å². The summed E-state index contributed by atoms with van der Waals surface area (Å²) >= 11 is 4.07. The van der Waals surface area contributed by atoms with Gasteiger partial charge in [0, 0.05) is 12.7 Å². The standard InChI is InChI=1S/C14H15NO4S3/c1-4-15-7-8-20-9(15)5-6-10-21-11(13(16)18-2)12(22-10)14(17)19-3/h5-8H,4H2,1-3H3. The molecule has 0 saturated carbocycles. The van der Waals surface area contributed by atoms with Crippen LogP contribution in [0.4, 0.5) is 0 Å². The summed E-state index contributed by atoms with van der Waals surface area (Å²) in [5, 5.41) is 3.11. The average Bonchev–Trinajstić information content (AvgIpc) is 3.17. The van der Waals surface area contributed by atoms with Crippen LogP contribution in [0.3, 0.4) is 0 Å². The van der Waals surface area contributed by atoms with E-state index in [-0.39, 0.29) is 9.81 Å². The SMILES string of the molecule is CCN1C=CSC1=CC=C1SC(C(=O)OC)=C(C(=O)OC)S1. The van der Waals surface area contributed by atoms with Gasteiger partial charge in [-0.1, -0.05) is 35.3 Å². The molecule has 0 bridgehead atoms. The molecule has 0 unspecified atom stereocenters. The minimum Gasteiger partial charge on any atom is -0.465 e. The van der Waals surface area contributed by atoms with E-state index in [1.54, 1.807) is 11.8 Å². The fraction of sp³-hybridized carbons (Fsp3) is 0.286. The Morgan fingerprint density at radius 1 is 1.14 bits per heavy atom. The molecule has 5 nitrogen and oxygen atoms in total. The number of rotatable bonds is 4. The Morgan fingerprint density at radius 3 is 2.23 bits per heavy atom. The number of hydrogen-bond donors (Lipinski definition) is 0. The van der Waals surface area contributed by atoms with E-state index in [9.17, 15) is 9.59 Å². The fourth-order valence-electron chi connectivity index (χ4n) is 1.69. The van der Waals surface area contributed by atoms with Crippen LogP contribution in [0.15, 0.2) is 42.8 Å². The lowest BCUT2D eigenvalue weighted by Gasteiger charge is -2.13. The van der Waals surface area contributed by atoms with Gasteiger partial charge in [-0.3, -0.25) is 0 Å². The van der Waals surface area contributed by atoms with Crippen LogP contribution in [0.25, 0.3) is 0 Å². The molecule has 2 aliphatic rings. The highest BCUT2D eigenvalue weighted by molar-refractivity contribution is 8.29. The first-order valence-corrected chi connectivity index (χ1v) is 8.90. The van der Waals surface area contributed by atoms with Gasteiger partial charge in [0.1, 0.15) is 9.81 Å². The Bertz CT molecular complexity index is 577. The first-order valence-electron chi connectivity index (χ1n) is 6.39. The van der Waals surface area contributed by atoms with Crippen LogP contribution < -0.4 is 0 Å². The Kier molecular flexibility index (Phi) is 6.10. The summed E-state index contributed by atoms with van der Waals surface area (Å²) in [4.78, 5) is 26.2. The van der Waals surface area contributed by atoms with E-state index in [4.69, 9.17) is 9.47 Å². The second-order valence-corrected chi connectivity index (χ2v) is 7.31. The van der Waals surface area contributed by atoms with Crippen LogP contribution in [0.2, 0.25) is 0 Å². The minimum absolute atomic E-state index is 0.272. The third-order valence-corrected chi connectivity index (χ3v) is 6.09. The number of hydrogen-bond acceptors (Lipinski definition) is 8. The summed E-state index contributed by atoms with van der Waals surface area (Å²) in [6, 6.07) is 0. The maximum Gasteiger partial charge on any atom is 0.346 e. The fourth-order valence-corrected chi connectivity index (χ4v) is 4.78. The molecule has 22 heavy (non-hydrogen) atoms. The third-order valence-electron chi connectivity index (χ3n) is 2.77. The maximum absolute atomic E-state index is 11.8. The number of ether oxygens (including phenoxy) is 2. The first kappa shape index (κ1) is 17.1. The van der Waals surface area contributed by atoms with E-state index in [1.807, 2.05) is 23.8 Å².